The van der Waals surface area contributed by atoms with Crippen molar-refractivity contribution in [2.75, 3.05) is 19.0 Å². The smallest absolute Gasteiger partial charge is 0.340 e. The van der Waals surface area contributed by atoms with Crippen LogP contribution in [-0.2, 0) is 4.74 Å². The molecule has 0 fully saturated rings. The number of esters is 1. The van der Waals surface area contributed by atoms with E-state index < -0.39 is 5.97 Å². The second kappa shape index (κ2) is 10.6. The number of ether oxygens (including phenoxy) is 2. The molecule has 0 aliphatic rings. The molecule has 0 N–H and O–H groups in total. The zero-order chi connectivity index (χ0) is 20.5. The number of rotatable bonds is 7. The van der Waals surface area contributed by atoms with Gasteiger partial charge in [0.1, 0.15) is 5.75 Å². The lowest BCUT2D eigenvalue weighted by molar-refractivity contribution is 0.0557. The van der Waals surface area contributed by atoms with Crippen LogP contribution < -0.4 is 4.74 Å². The molecule has 1 heterocycles. The Balaban J connectivity index is 1.45. The monoisotopic (exact) mass is 428 g/mol. The van der Waals surface area contributed by atoms with Crippen LogP contribution in [0.3, 0.4) is 0 Å². The summed E-state index contributed by atoms with van der Waals surface area (Å²) < 4.78 is 16.1. The topological polar surface area (TPSA) is 74.5 Å². The minimum atomic E-state index is -0.505. The van der Waals surface area contributed by atoms with Crippen molar-refractivity contribution in [3.63, 3.8) is 0 Å². The molecule has 2 aromatic carbocycles. The maximum Gasteiger partial charge on any atom is 0.340 e. The minimum Gasteiger partial charge on any atom is -0.494 e. The van der Waals surface area contributed by atoms with E-state index in [0.29, 0.717) is 34.1 Å². The van der Waals surface area contributed by atoms with Gasteiger partial charge in [0.2, 0.25) is 5.89 Å². The molecule has 29 heavy (non-hydrogen) atoms. The standard InChI is InChI=1S/C21H17ClN2O4S/c1-2-26-16-11-9-15(10-12-16)19-23-24-21(28-19)29-14-6-5-13-27-20(25)17-7-3-4-8-18(17)22/h3-4,7-12H,2,13-14H2,1H3. The molecule has 3 aromatic rings. The summed E-state index contributed by atoms with van der Waals surface area (Å²) in [6.45, 7) is 2.52. The van der Waals surface area contributed by atoms with Crippen LogP contribution in [0.5, 0.6) is 5.75 Å². The number of hydrogen-bond acceptors (Lipinski definition) is 7. The van der Waals surface area contributed by atoms with E-state index in [0.717, 1.165) is 11.3 Å². The van der Waals surface area contributed by atoms with Crippen molar-refractivity contribution in [1.82, 2.24) is 10.2 Å². The number of thioether (sulfide) groups is 1. The molecule has 8 heteroatoms. The molecule has 0 unspecified atom stereocenters. The highest BCUT2D eigenvalue weighted by atomic mass is 35.5. The molecular weight excluding hydrogens is 412 g/mol. The molecule has 0 atom stereocenters. The summed E-state index contributed by atoms with van der Waals surface area (Å²) in [5.41, 5.74) is 1.13. The molecule has 0 saturated heterocycles. The average molecular weight is 429 g/mol. The van der Waals surface area contributed by atoms with Gasteiger partial charge in [-0.15, -0.1) is 10.2 Å². The van der Waals surface area contributed by atoms with Gasteiger partial charge in [0, 0.05) is 5.56 Å². The Bertz CT molecular complexity index is 1020. The molecule has 0 saturated carbocycles. The van der Waals surface area contributed by atoms with Gasteiger partial charge >= 0.3 is 5.97 Å². The highest BCUT2D eigenvalue weighted by Crippen LogP contribution is 2.24. The molecule has 3 rings (SSSR count). The van der Waals surface area contributed by atoms with Crippen molar-refractivity contribution in [3.8, 4) is 29.0 Å². The van der Waals surface area contributed by atoms with Gasteiger partial charge in [-0.25, -0.2) is 4.79 Å². The third kappa shape index (κ3) is 6.01. The average Bonchev–Trinajstić information content (AvgIpc) is 3.20. The van der Waals surface area contributed by atoms with Gasteiger partial charge in [0.15, 0.2) is 6.61 Å². The zero-order valence-electron chi connectivity index (χ0n) is 15.6. The van der Waals surface area contributed by atoms with Gasteiger partial charge in [-0.05, 0) is 43.3 Å². The number of aromatic nitrogens is 2. The molecule has 148 valence electrons. The largest absolute Gasteiger partial charge is 0.494 e. The Morgan fingerprint density at radius 1 is 1.14 bits per heavy atom. The Labute approximate surface area is 177 Å². The van der Waals surface area contributed by atoms with E-state index >= 15 is 0 Å². The van der Waals surface area contributed by atoms with Gasteiger partial charge in [-0.1, -0.05) is 47.3 Å². The number of benzene rings is 2. The SMILES string of the molecule is CCOc1ccc(-c2nnc(SCC#CCOC(=O)c3ccccc3Cl)o2)cc1. The first kappa shape index (κ1) is 20.8. The first-order valence-electron chi connectivity index (χ1n) is 8.74. The van der Waals surface area contributed by atoms with E-state index in [9.17, 15) is 4.79 Å². The van der Waals surface area contributed by atoms with Gasteiger partial charge in [0.05, 0.1) is 22.9 Å². The van der Waals surface area contributed by atoms with E-state index in [1.54, 1.807) is 24.3 Å². The van der Waals surface area contributed by atoms with Gasteiger partial charge in [0.25, 0.3) is 5.22 Å². The summed E-state index contributed by atoms with van der Waals surface area (Å²) in [5.74, 6) is 6.79. The van der Waals surface area contributed by atoms with Gasteiger partial charge < -0.3 is 13.9 Å². The van der Waals surface area contributed by atoms with E-state index in [2.05, 4.69) is 22.0 Å². The van der Waals surface area contributed by atoms with Crippen LogP contribution in [0.2, 0.25) is 5.02 Å². The lowest BCUT2D eigenvalue weighted by Gasteiger charge is -2.02. The van der Waals surface area contributed by atoms with Crippen molar-refractivity contribution in [3.05, 3.63) is 59.1 Å². The quantitative estimate of drug-likeness (QED) is 0.305. The fourth-order valence-electron chi connectivity index (χ4n) is 2.25. The van der Waals surface area contributed by atoms with Crippen LogP contribution in [0, 0.1) is 11.8 Å². The molecule has 0 bridgehead atoms. The van der Waals surface area contributed by atoms with Crippen LogP contribution in [0.1, 0.15) is 17.3 Å². The first-order valence-corrected chi connectivity index (χ1v) is 10.1. The lowest BCUT2D eigenvalue weighted by Crippen LogP contribution is -2.05. The molecule has 0 amide bonds. The van der Waals surface area contributed by atoms with E-state index in [1.165, 1.54) is 11.8 Å². The molecule has 6 nitrogen and oxygen atoms in total. The number of hydrogen-bond donors (Lipinski definition) is 0. The maximum atomic E-state index is 11.9. The van der Waals surface area contributed by atoms with Gasteiger partial charge in [-0.2, -0.15) is 0 Å². The fraction of sp³-hybridized carbons (Fsp3) is 0.190. The number of nitrogens with zero attached hydrogens (tertiary/aromatic N) is 2. The van der Waals surface area contributed by atoms with E-state index in [1.807, 2.05) is 31.2 Å². The van der Waals surface area contributed by atoms with Crippen molar-refractivity contribution in [1.29, 1.82) is 0 Å². The highest BCUT2D eigenvalue weighted by molar-refractivity contribution is 7.99. The van der Waals surface area contributed by atoms with Gasteiger partial charge in [-0.3, -0.25) is 0 Å². The Kier molecular flexibility index (Phi) is 7.56. The van der Waals surface area contributed by atoms with Crippen molar-refractivity contribution >= 4 is 29.3 Å². The second-order valence-electron chi connectivity index (χ2n) is 5.53. The Hall–Kier alpha value is -2.95. The summed E-state index contributed by atoms with van der Waals surface area (Å²) in [6.07, 6.45) is 0. The molecular formula is C21H17ClN2O4S. The molecule has 1 aromatic heterocycles. The number of carbonyl (C=O) groups is 1. The van der Waals surface area contributed by atoms with Crippen molar-refractivity contribution in [2.24, 2.45) is 0 Å². The van der Waals surface area contributed by atoms with Crippen molar-refractivity contribution < 1.29 is 18.7 Å². The normalized spacial score (nSPS) is 10.1. The summed E-state index contributed by atoms with van der Waals surface area (Å²) in [7, 11) is 0. The van der Waals surface area contributed by atoms with Crippen LogP contribution in [0.15, 0.2) is 58.2 Å². The predicted molar refractivity (Wildman–Crippen MR) is 111 cm³/mol. The minimum absolute atomic E-state index is 0.0219. The van der Waals surface area contributed by atoms with E-state index in [4.69, 9.17) is 25.5 Å². The highest BCUT2D eigenvalue weighted by Gasteiger charge is 2.10. The zero-order valence-corrected chi connectivity index (χ0v) is 17.1. The lowest BCUT2D eigenvalue weighted by atomic mass is 10.2. The van der Waals surface area contributed by atoms with Crippen LogP contribution in [0.25, 0.3) is 11.5 Å². The maximum absolute atomic E-state index is 11.9. The fourth-order valence-corrected chi connectivity index (χ4v) is 3.00. The Morgan fingerprint density at radius 2 is 1.93 bits per heavy atom. The molecule has 0 radical (unpaired) electrons. The number of halogens is 1. The van der Waals surface area contributed by atoms with Crippen LogP contribution in [-0.4, -0.2) is 35.1 Å². The number of carbonyl (C=O) groups excluding carboxylic acids is 1. The molecule has 0 aliphatic carbocycles. The summed E-state index contributed by atoms with van der Waals surface area (Å²) in [6, 6.07) is 14.1. The third-order valence-corrected chi connectivity index (χ3v) is 4.61. The summed E-state index contributed by atoms with van der Waals surface area (Å²) in [5, 5.41) is 8.79. The third-order valence-electron chi connectivity index (χ3n) is 3.58. The second-order valence-corrected chi connectivity index (χ2v) is 6.86. The predicted octanol–water partition coefficient (Wildman–Crippen LogP) is 4.74. The molecule has 0 aliphatic heterocycles. The molecule has 0 spiro atoms. The first-order chi connectivity index (χ1) is 14.2. The van der Waals surface area contributed by atoms with E-state index in [-0.39, 0.29) is 6.61 Å². The summed E-state index contributed by atoms with van der Waals surface area (Å²) >= 11 is 7.25. The Morgan fingerprint density at radius 3 is 2.69 bits per heavy atom. The summed E-state index contributed by atoms with van der Waals surface area (Å²) in [4.78, 5) is 11.9. The van der Waals surface area contributed by atoms with Crippen LogP contribution >= 0.6 is 23.4 Å². The van der Waals surface area contributed by atoms with Crippen molar-refractivity contribution in [2.45, 2.75) is 12.1 Å². The van der Waals surface area contributed by atoms with Crippen LogP contribution in [0.4, 0.5) is 0 Å².